The van der Waals surface area contributed by atoms with Gasteiger partial charge >= 0.3 is 0 Å². The number of aryl methyl sites for hydroxylation is 2. The van der Waals surface area contributed by atoms with Gasteiger partial charge in [0.1, 0.15) is 0 Å². The van der Waals surface area contributed by atoms with Gasteiger partial charge in [-0.2, -0.15) is 4.98 Å². The maximum absolute atomic E-state index is 5.33. The molecule has 1 aromatic carbocycles. The molecule has 1 unspecified atom stereocenters. The van der Waals surface area contributed by atoms with Gasteiger partial charge in [0, 0.05) is 18.9 Å². The topological polar surface area (TPSA) is 51.0 Å². The summed E-state index contributed by atoms with van der Waals surface area (Å²) in [6, 6.07) is 10.8. The number of aromatic nitrogens is 2. The lowest BCUT2D eigenvalue weighted by atomic mass is 10.1. The van der Waals surface area contributed by atoms with E-state index < -0.39 is 0 Å². The highest BCUT2D eigenvalue weighted by Gasteiger charge is 2.12. The molecule has 1 aromatic heterocycles. The van der Waals surface area contributed by atoms with Crippen molar-refractivity contribution in [1.29, 1.82) is 0 Å². The third-order valence-corrected chi connectivity index (χ3v) is 3.46. The molecule has 4 heteroatoms. The van der Waals surface area contributed by atoms with Crippen LogP contribution in [0.5, 0.6) is 0 Å². The molecule has 1 N–H and O–H groups in total. The van der Waals surface area contributed by atoms with E-state index in [9.17, 15) is 0 Å². The minimum Gasteiger partial charge on any atom is -0.339 e. The first-order chi connectivity index (χ1) is 9.81. The Labute approximate surface area is 120 Å². The van der Waals surface area contributed by atoms with E-state index >= 15 is 0 Å². The third-order valence-electron chi connectivity index (χ3n) is 3.46. The molecule has 0 bridgehead atoms. The van der Waals surface area contributed by atoms with E-state index in [1.165, 1.54) is 5.56 Å². The maximum Gasteiger partial charge on any atom is 0.228 e. The molecule has 4 nitrogen and oxygen atoms in total. The SMILES string of the molecule is CCCC(Cc1nc(CCc2ccccc2)no1)NC. The van der Waals surface area contributed by atoms with Crippen LogP contribution in [-0.2, 0) is 19.3 Å². The maximum atomic E-state index is 5.33. The lowest BCUT2D eigenvalue weighted by molar-refractivity contribution is 0.352. The first kappa shape index (κ1) is 14.7. The van der Waals surface area contributed by atoms with Crippen LogP contribution in [0.25, 0.3) is 0 Å². The van der Waals surface area contributed by atoms with Crippen molar-refractivity contribution in [3.05, 3.63) is 47.6 Å². The first-order valence-corrected chi connectivity index (χ1v) is 7.34. The Morgan fingerprint density at radius 2 is 2.00 bits per heavy atom. The summed E-state index contributed by atoms with van der Waals surface area (Å²) in [7, 11) is 1.98. The standard InChI is InChI=1S/C16H23N3O/c1-3-7-14(17-2)12-16-18-15(19-20-16)11-10-13-8-5-4-6-9-13/h4-6,8-9,14,17H,3,7,10-12H2,1-2H3. The van der Waals surface area contributed by atoms with E-state index in [0.29, 0.717) is 6.04 Å². The number of rotatable bonds is 8. The fourth-order valence-electron chi connectivity index (χ4n) is 2.28. The van der Waals surface area contributed by atoms with E-state index in [-0.39, 0.29) is 0 Å². The normalized spacial score (nSPS) is 12.5. The predicted molar refractivity (Wildman–Crippen MR) is 79.6 cm³/mol. The molecule has 0 amide bonds. The first-order valence-electron chi connectivity index (χ1n) is 7.34. The predicted octanol–water partition coefficient (Wildman–Crippen LogP) is 2.79. The molecule has 0 radical (unpaired) electrons. The Bertz CT molecular complexity index is 495. The number of hydrogen-bond donors (Lipinski definition) is 1. The van der Waals surface area contributed by atoms with Crippen LogP contribution in [0, 0.1) is 0 Å². The van der Waals surface area contributed by atoms with Gasteiger partial charge in [-0.15, -0.1) is 0 Å². The summed E-state index contributed by atoms with van der Waals surface area (Å²) in [6.07, 6.45) is 4.86. The van der Waals surface area contributed by atoms with E-state index in [0.717, 1.165) is 43.8 Å². The van der Waals surface area contributed by atoms with Crippen LogP contribution in [0.3, 0.4) is 0 Å². The van der Waals surface area contributed by atoms with Crippen molar-refractivity contribution in [3.63, 3.8) is 0 Å². The van der Waals surface area contributed by atoms with Crippen molar-refractivity contribution in [2.75, 3.05) is 7.05 Å². The molecule has 0 spiro atoms. The third kappa shape index (κ3) is 4.46. The van der Waals surface area contributed by atoms with Crippen molar-refractivity contribution >= 4 is 0 Å². The van der Waals surface area contributed by atoms with Gasteiger partial charge in [0.05, 0.1) is 0 Å². The lowest BCUT2D eigenvalue weighted by Crippen LogP contribution is -2.27. The summed E-state index contributed by atoms with van der Waals surface area (Å²) in [5, 5.41) is 7.36. The highest BCUT2D eigenvalue weighted by molar-refractivity contribution is 5.15. The van der Waals surface area contributed by atoms with Gasteiger partial charge in [-0.25, -0.2) is 0 Å². The van der Waals surface area contributed by atoms with E-state index in [4.69, 9.17) is 4.52 Å². The molecule has 108 valence electrons. The van der Waals surface area contributed by atoms with Crippen molar-refractivity contribution in [1.82, 2.24) is 15.5 Å². The molecule has 0 saturated carbocycles. The van der Waals surface area contributed by atoms with E-state index in [1.54, 1.807) is 0 Å². The Balaban J connectivity index is 1.85. The molecule has 20 heavy (non-hydrogen) atoms. The smallest absolute Gasteiger partial charge is 0.228 e. The molecule has 1 heterocycles. The van der Waals surface area contributed by atoms with E-state index in [1.807, 2.05) is 13.1 Å². The molecular weight excluding hydrogens is 250 g/mol. The van der Waals surface area contributed by atoms with Crippen molar-refractivity contribution in [2.45, 2.75) is 45.1 Å². The number of benzene rings is 1. The second-order valence-corrected chi connectivity index (χ2v) is 5.07. The Hall–Kier alpha value is -1.68. The summed E-state index contributed by atoms with van der Waals surface area (Å²) in [6.45, 7) is 2.18. The molecule has 0 aliphatic heterocycles. The van der Waals surface area contributed by atoms with E-state index in [2.05, 4.69) is 46.6 Å². The van der Waals surface area contributed by atoms with Crippen molar-refractivity contribution in [2.24, 2.45) is 0 Å². The van der Waals surface area contributed by atoms with Gasteiger partial charge in [0.2, 0.25) is 5.89 Å². The summed E-state index contributed by atoms with van der Waals surface area (Å²) in [5.41, 5.74) is 1.30. The summed E-state index contributed by atoms with van der Waals surface area (Å²) in [4.78, 5) is 4.48. The minimum atomic E-state index is 0.419. The zero-order chi connectivity index (χ0) is 14.2. The summed E-state index contributed by atoms with van der Waals surface area (Å²) >= 11 is 0. The highest BCUT2D eigenvalue weighted by Crippen LogP contribution is 2.08. The van der Waals surface area contributed by atoms with Gasteiger partial charge in [-0.1, -0.05) is 48.8 Å². The van der Waals surface area contributed by atoms with Gasteiger partial charge in [-0.05, 0) is 25.5 Å². The molecular formula is C16H23N3O. The molecule has 1 atom stereocenters. The van der Waals surface area contributed by atoms with Crippen molar-refractivity contribution in [3.8, 4) is 0 Å². The van der Waals surface area contributed by atoms with Crippen LogP contribution in [0.4, 0.5) is 0 Å². The average molecular weight is 273 g/mol. The number of likely N-dealkylation sites (N-methyl/N-ethyl adjacent to an activating group) is 1. The zero-order valence-electron chi connectivity index (χ0n) is 12.3. The molecule has 0 fully saturated rings. The second kappa shape index (κ2) is 7.80. The zero-order valence-corrected chi connectivity index (χ0v) is 12.3. The van der Waals surface area contributed by atoms with Crippen LogP contribution in [-0.4, -0.2) is 23.2 Å². The van der Waals surface area contributed by atoms with Crippen LogP contribution < -0.4 is 5.32 Å². The Morgan fingerprint density at radius 1 is 1.20 bits per heavy atom. The van der Waals surface area contributed by atoms with Crippen LogP contribution in [0.15, 0.2) is 34.9 Å². The lowest BCUT2D eigenvalue weighted by Gasteiger charge is -2.11. The van der Waals surface area contributed by atoms with Gasteiger partial charge in [-0.3, -0.25) is 0 Å². The highest BCUT2D eigenvalue weighted by atomic mass is 16.5. The molecule has 0 aliphatic carbocycles. The van der Waals surface area contributed by atoms with Gasteiger partial charge in [0.25, 0.3) is 0 Å². The molecule has 0 saturated heterocycles. The molecule has 2 rings (SSSR count). The fraction of sp³-hybridized carbons (Fsp3) is 0.500. The largest absolute Gasteiger partial charge is 0.339 e. The average Bonchev–Trinajstić information content (AvgIpc) is 2.93. The second-order valence-electron chi connectivity index (χ2n) is 5.07. The molecule has 0 aliphatic rings. The monoisotopic (exact) mass is 273 g/mol. The minimum absolute atomic E-state index is 0.419. The number of hydrogen-bond acceptors (Lipinski definition) is 4. The van der Waals surface area contributed by atoms with Crippen molar-refractivity contribution < 1.29 is 4.52 Å². The quantitative estimate of drug-likeness (QED) is 0.803. The fourth-order valence-corrected chi connectivity index (χ4v) is 2.28. The van der Waals surface area contributed by atoms with Crippen LogP contribution in [0.1, 0.15) is 37.0 Å². The van der Waals surface area contributed by atoms with Gasteiger partial charge < -0.3 is 9.84 Å². The molecule has 2 aromatic rings. The van der Waals surface area contributed by atoms with Crippen LogP contribution in [0.2, 0.25) is 0 Å². The Kier molecular flexibility index (Phi) is 5.74. The van der Waals surface area contributed by atoms with Crippen LogP contribution >= 0.6 is 0 Å². The number of nitrogens with zero attached hydrogens (tertiary/aromatic N) is 2. The Morgan fingerprint density at radius 3 is 2.70 bits per heavy atom. The number of nitrogens with one attached hydrogen (secondary N) is 1. The summed E-state index contributed by atoms with van der Waals surface area (Å²) < 4.78 is 5.33. The van der Waals surface area contributed by atoms with Gasteiger partial charge in [0.15, 0.2) is 5.82 Å². The summed E-state index contributed by atoms with van der Waals surface area (Å²) in [5.74, 6) is 1.54.